The number of nitrogens with two attached hydrogens (primary N) is 1. The number of rotatable bonds is 2. The molecular weight excluding hydrogens is 180 g/mol. The monoisotopic (exact) mass is 200 g/mol. The van der Waals surface area contributed by atoms with Crippen LogP contribution >= 0.6 is 0 Å². The van der Waals surface area contributed by atoms with Crippen molar-refractivity contribution in [3.8, 4) is 0 Å². The summed E-state index contributed by atoms with van der Waals surface area (Å²) in [6.45, 7) is 6.56. The summed E-state index contributed by atoms with van der Waals surface area (Å²) in [6, 6.07) is 0.326. The molecular formula is C10H20N2O2. The third kappa shape index (κ3) is 2.67. The maximum Gasteiger partial charge on any atom is 0.0594 e. The molecule has 0 saturated carbocycles. The first-order valence-corrected chi connectivity index (χ1v) is 5.49. The molecule has 2 heterocycles. The number of nitrogens with zero attached hydrogens (tertiary/aromatic N) is 1. The van der Waals surface area contributed by atoms with Gasteiger partial charge in [-0.05, 0) is 6.42 Å². The molecule has 0 aromatic carbocycles. The van der Waals surface area contributed by atoms with Gasteiger partial charge in [0, 0.05) is 38.2 Å². The fourth-order valence-electron chi connectivity index (χ4n) is 2.12. The van der Waals surface area contributed by atoms with Crippen LogP contribution in [0.15, 0.2) is 0 Å². The van der Waals surface area contributed by atoms with E-state index in [1.165, 1.54) is 0 Å². The van der Waals surface area contributed by atoms with E-state index in [0.717, 1.165) is 52.5 Å². The van der Waals surface area contributed by atoms with Crippen molar-refractivity contribution < 1.29 is 9.47 Å². The SMILES string of the molecule is N[C@@H]1CCOCC1CN1CCOCC1. The van der Waals surface area contributed by atoms with E-state index in [0.29, 0.717) is 12.0 Å². The number of hydrogen-bond donors (Lipinski definition) is 1. The van der Waals surface area contributed by atoms with E-state index < -0.39 is 0 Å². The lowest BCUT2D eigenvalue weighted by Gasteiger charge is -2.35. The van der Waals surface area contributed by atoms with Crippen LogP contribution in [0.4, 0.5) is 0 Å². The Bertz CT molecular complexity index is 172. The zero-order chi connectivity index (χ0) is 9.80. The molecule has 4 nitrogen and oxygen atoms in total. The van der Waals surface area contributed by atoms with Crippen molar-refractivity contribution in [2.75, 3.05) is 46.1 Å². The van der Waals surface area contributed by atoms with Gasteiger partial charge in [0.15, 0.2) is 0 Å². The van der Waals surface area contributed by atoms with Crippen molar-refractivity contribution in [1.82, 2.24) is 4.90 Å². The van der Waals surface area contributed by atoms with Crippen LogP contribution in [-0.2, 0) is 9.47 Å². The fourth-order valence-corrected chi connectivity index (χ4v) is 2.12. The summed E-state index contributed by atoms with van der Waals surface area (Å²) in [6.07, 6.45) is 1.01. The van der Waals surface area contributed by atoms with Gasteiger partial charge < -0.3 is 15.2 Å². The summed E-state index contributed by atoms with van der Waals surface area (Å²) >= 11 is 0. The number of ether oxygens (including phenoxy) is 2. The van der Waals surface area contributed by atoms with Gasteiger partial charge in [-0.1, -0.05) is 0 Å². The summed E-state index contributed by atoms with van der Waals surface area (Å²) in [5, 5.41) is 0. The molecule has 0 amide bonds. The Labute approximate surface area is 85.3 Å². The maximum atomic E-state index is 6.06. The van der Waals surface area contributed by atoms with E-state index in [4.69, 9.17) is 15.2 Å². The third-order valence-corrected chi connectivity index (χ3v) is 3.13. The van der Waals surface area contributed by atoms with Crippen molar-refractivity contribution >= 4 is 0 Å². The lowest BCUT2D eigenvalue weighted by atomic mass is 9.96. The first-order valence-electron chi connectivity index (χ1n) is 5.49. The van der Waals surface area contributed by atoms with Gasteiger partial charge in [0.1, 0.15) is 0 Å². The van der Waals surface area contributed by atoms with Gasteiger partial charge in [0.2, 0.25) is 0 Å². The second kappa shape index (κ2) is 5.07. The molecule has 4 heteroatoms. The van der Waals surface area contributed by atoms with Crippen LogP contribution < -0.4 is 5.73 Å². The predicted molar refractivity (Wildman–Crippen MR) is 54.2 cm³/mol. The van der Waals surface area contributed by atoms with Crippen molar-refractivity contribution in [2.45, 2.75) is 12.5 Å². The summed E-state index contributed by atoms with van der Waals surface area (Å²) in [5.74, 6) is 0.516. The van der Waals surface area contributed by atoms with E-state index in [1.54, 1.807) is 0 Å². The van der Waals surface area contributed by atoms with Gasteiger partial charge in [-0.3, -0.25) is 4.90 Å². The molecule has 1 unspecified atom stereocenters. The molecule has 2 rings (SSSR count). The summed E-state index contributed by atoms with van der Waals surface area (Å²) in [4.78, 5) is 2.43. The van der Waals surface area contributed by atoms with E-state index in [-0.39, 0.29) is 0 Å². The predicted octanol–water partition coefficient (Wildman–Crippen LogP) is -0.318. The lowest BCUT2D eigenvalue weighted by molar-refractivity contribution is -0.00484. The second-order valence-corrected chi connectivity index (χ2v) is 4.20. The highest BCUT2D eigenvalue weighted by Crippen LogP contribution is 2.14. The minimum absolute atomic E-state index is 0.326. The van der Waals surface area contributed by atoms with E-state index in [2.05, 4.69) is 4.90 Å². The average molecular weight is 200 g/mol. The largest absolute Gasteiger partial charge is 0.381 e. The molecule has 2 fully saturated rings. The van der Waals surface area contributed by atoms with Gasteiger partial charge in [0.05, 0.1) is 19.8 Å². The summed E-state index contributed by atoms with van der Waals surface area (Å²) < 4.78 is 10.8. The molecule has 0 aromatic rings. The van der Waals surface area contributed by atoms with Crippen LogP contribution in [0.2, 0.25) is 0 Å². The highest BCUT2D eigenvalue weighted by Gasteiger charge is 2.25. The molecule has 0 aromatic heterocycles. The molecule has 2 atom stereocenters. The molecule has 0 radical (unpaired) electrons. The minimum Gasteiger partial charge on any atom is -0.381 e. The Morgan fingerprint density at radius 2 is 1.93 bits per heavy atom. The number of morpholine rings is 1. The Morgan fingerprint density at radius 3 is 2.64 bits per heavy atom. The smallest absolute Gasteiger partial charge is 0.0594 e. The van der Waals surface area contributed by atoms with Crippen LogP contribution in [0.5, 0.6) is 0 Å². The number of hydrogen-bond acceptors (Lipinski definition) is 4. The first-order chi connectivity index (χ1) is 6.86. The molecule has 0 spiro atoms. The highest BCUT2D eigenvalue weighted by molar-refractivity contribution is 4.79. The van der Waals surface area contributed by atoms with Gasteiger partial charge in [-0.15, -0.1) is 0 Å². The van der Waals surface area contributed by atoms with Crippen LogP contribution in [0, 0.1) is 5.92 Å². The Kier molecular flexibility index (Phi) is 3.75. The Morgan fingerprint density at radius 1 is 1.14 bits per heavy atom. The molecule has 14 heavy (non-hydrogen) atoms. The van der Waals surface area contributed by atoms with E-state index >= 15 is 0 Å². The molecule has 2 saturated heterocycles. The molecule has 2 N–H and O–H groups in total. The van der Waals surface area contributed by atoms with E-state index in [1.807, 2.05) is 0 Å². The third-order valence-electron chi connectivity index (χ3n) is 3.13. The molecule has 0 bridgehead atoms. The van der Waals surface area contributed by atoms with Crippen molar-refractivity contribution in [3.05, 3.63) is 0 Å². The molecule has 2 aliphatic rings. The van der Waals surface area contributed by atoms with Crippen LogP contribution in [0.3, 0.4) is 0 Å². The van der Waals surface area contributed by atoms with Gasteiger partial charge in [-0.2, -0.15) is 0 Å². The normalized spacial score (nSPS) is 35.8. The Hall–Kier alpha value is -0.160. The topological polar surface area (TPSA) is 47.7 Å². The quantitative estimate of drug-likeness (QED) is 0.664. The van der Waals surface area contributed by atoms with Crippen molar-refractivity contribution in [2.24, 2.45) is 11.7 Å². The minimum atomic E-state index is 0.326. The standard InChI is InChI=1S/C10H20N2O2/c11-10-1-4-14-8-9(10)7-12-2-5-13-6-3-12/h9-10H,1-8,11H2/t9?,10-/m1/s1. The van der Waals surface area contributed by atoms with Crippen molar-refractivity contribution in [3.63, 3.8) is 0 Å². The maximum absolute atomic E-state index is 6.06. The Balaban J connectivity index is 1.76. The van der Waals surface area contributed by atoms with Gasteiger partial charge in [-0.25, -0.2) is 0 Å². The first kappa shape index (κ1) is 10.4. The van der Waals surface area contributed by atoms with Crippen LogP contribution in [-0.4, -0.2) is 57.0 Å². The lowest BCUT2D eigenvalue weighted by Crippen LogP contribution is -2.47. The summed E-state index contributed by atoms with van der Waals surface area (Å²) in [5.41, 5.74) is 6.06. The average Bonchev–Trinajstić information content (AvgIpc) is 2.23. The van der Waals surface area contributed by atoms with Crippen molar-refractivity contribution in [1.29, 1.82) is 0 Å². The summed E-state index contributed by atoms with van der Waals surface area (Å²) in [7, 11) is 0. The second-order valence-electron chi connectivity index (χ2n) is 4.20. The van der Waals surface area contributed by atoms with Gasteiger partial charge >= 0.3 is 0 Å². The zero-order valence-electron chi connectivity index (χ0n) is 8.65. The van der Waals surface area contributed by atoms with Crippen LogP contribution in [0.25, 0.3) is 0 Å². The highest BCUT2D eigenvalue weighted by atomic mass is 16.5. The molecule has 82 valence electrons. The van der Waals surface area contributed by atoms with Gasteiger partial charge in [0.25, 0.3) is 0 Å². The fraction of sp³-hybridized carbons (Fsp3) is 1.00. The van der Waals surface area contributed by atoms with E-state index in [9.17, 15) is 0 Å². The molecule has 0 aliphatic carbocycles. The van der Waals surface area contributed by atoms with Crippen LogP contribution in [0.1, 0.15) is 6.42 Å². The molecule has 2 aliphatic heterocycles. The zero-order valence-corrected chi connectivity index (χ0v) is 8.65.